The van der Waals surface area contributed by atoms with Crippen LogP contribution < -0.4 is 10.6 Å². The number of nitrogens with one attached hydrogen (secondary N) is 2. The first-order valence-electron chi connectivity index (χ1n) is 6.80. The van der Waals surface area contributed by atoms with Crippen molar-refractivity contribution in [1.82, 2.24) is 5.32 Å². The van der Waals surface area contributed by atoms with E-state index in [1.54, 1.807) is 13.8 Å². The van der Waals surface area contributed by atoms with Gasteiger partial charge >= 0.3 is 0 Å². The molecule has 1 aliphatic rings. The van der Waals surface area contributed by atoms with Crippen LogP contribution in [0.2, 0.25) is 0 Å². The van der Waals surface area contributed by atoms with Crippen molar-refractivity contribution in [2.45, 2.75) is 32.4 Å². The molecule has 1 heterocycles. The van der Waals surface area contributed by atoms with Gasteiger partial charge in [-0.3, -0.25) is 0 Å². The van der Waals surface area contributed by atoms with E-state index in [-0.39, 0.29) is 0 Å². The van der Waals surface area contributed by atoms with Crippen molar-refractivity contribution in [3.8, 4) is 0 Å². The number of rotatable bonds is 4. The summed E-state index contributed by atoms with van der Waals surface area (Å²) in [6, 6.07) is 7.67. The van der Waals surface area contributed by atoms with Gasteiger partial charge in [-0.05, 0) is 63.4 Å². The van der Waals surface area contributed by atoms with Crippen LogP contribution in [0.5, 0.6) is 0 Å². The molecule has 0 aliphatic carbocycles. The van der Waals surface area contributed by atoms with Crippen LogP contribution in [0.3, 0.4) is 0 Å². The monoisotopic (exact) mass is 250 g/mol. The van der Waals surface area contributed by atoms with Gasteiger partial charge < -0.3 is 10.6 Å². The van der Waals surface area contributed by atoms with Gasteiger partial charge in [0.15, 0.2) is 0 Å². The summed E-state index contributed by atoms with van der Waals surface area (Å²) in [5.41, 5.74) is 0.560. The minimum Gasteiger partial charge on any atom is -0.385 e. The fraction of sp³-hybridized carbons (Fsp3) is 0.600. The lowest BCUT2D eigenvalue weighted by molar-refractivity contribution is 0.221. The second kappa shape index (κ2) is 5.70. The predicted octanol–water partition coefficient (Wildman–Crippen LogP) is 3.30. The van der Waals surface area contributed by atoms with E-state index in [2.05, 4.69) is 10.6 Å². The van der Waals surface area contributed by atoms with Gasteiger partial charge in [0.2, 0.25) is 0 Å². The molecular weight excluding hydrogens is 227 g/mol. The largest absolute Gasteiger partial charge is 0.385 e. The van der Waals surface area contributed by atoms with Gasteiger partial charge in [0.05, 0.1) is 0 Å². The Morgan fingerprint density at radius 2 is 1.83 bits per heavy atom. The summed E-state index contributed by atoms with van der Waals surface area (Å²) in [6.45, 7) is 6.44. The second-order valence-corrected chi connectivity index (χ2v) is 5.62. The number of alkyl halides is 1. The first kappa shape index (κ1) is 13.3. The molecule has 0 bridgehead atoms. The molecule has 1 fully saturated rings. The van der Waals surface area contributed by atoms with Crippen molar-refractivity contribution in [3.05, 3.63) is 29.8 Å². The van der Waals surface area contributed by atoms with Crippen molar-refractivity contribution in [2.24, 2.45) is 5.92 Å². The molecule has 1 aliphatic heterocycles. The quantitative estimate of drug-likeness (QED) is 0.856. The molecule has 1 aromatic carbocycles. The number of anilines is 1. The summed E-state index contributed by atoms with van der Waals surface area (Å²) in [4.78, 5) is 0. The van der Waals surface area contributed by atoms with Gasteiger partial charge in [0.1, 0.15) is 5.67 Å². The third kappa shape index (κ3) is 3.70. The first-order valence-corrected chi connectivity index (χ1v) is 6.80. The molecule has 3 heteroatoms. The molecular formula is C15H23FN2. The zero-order valence-corrected chi connectivity index (χ0v) is 11.3. The van der Waals surface area contributed by atoms with E-state index in [1.807, 2.05) is 24.3 Å². The van der Waals surface area contributed by atoms with Gasteiger partial charge in [0.25, 0.3) is 0 Å². The van der Waals surface area contributed by atoms with E-state index in [1.165, 1.54) is 12.8 Å². The third-order valence-corrected chi connectivity index (χ3v) is 3.62. The summed E-state index contributed by atoms with van der Waals surface area (Å²) in [5, 5.41) is 6.81. The van der Waals surface area contributed by atoms with E-state index in [0.717, 1.165) is 36.8 Å². The molecule has 0 atom stereocenters. The SMILES string of the molecule is CC(C)(F)c1ccc(NCC2CCNCC2)cc1. The van der Waals surface area contributed by atoms with Crippen molar-refractivity contribution >= 4 is 5.69 Å². The molecule has 0 unspecified atom stereocenters. The van der Waals surface area contributed by atoms with Gasteiger partial charge in [-0.15, -0.1) is 0 Å². The highest BCUT2D eigenvalue weighted by Crippen LogP contribution is 2.25. The Morgan fingerprint density at radius 3 is 2.39 bits per heavy atom. The second-order valence-electron chi connectivity index (χ2n) is 5.62. The molecule has 0 aromatic heterocycles. The molecule has 0 spiro atoms. The number of hydrogen-bond acceptors (Lipinski definition) is 2. The lowest BCUT2D eigenvalue weighted by Gasteiger charge is -2.23. The van der Waals surface area contributed by atoms with Crippen LogP contribution in [0.15, 0.2) is 24.3 Å². The standard InChI is InChI=1S/C15H23FN2/c1-15(2,16)13-3-5-14(6-4-13)18-11-12-7-9-17-10-8-12/h3-6,12,17-18H,7-11H2,1-2H3. The maximum absolute atomic E-state index is 13.7. The Balaban J connectivity index is 1.86. The van der Waals surface area contributed by atoms with Crippen LogP contribution in [0.1, 0.15) is 32.3 Å². The highest BCUT2D eigenvalue weighted by atomic mass is 19.1. The zero-order chi connectivity index (χ0) is 13.0. The smallest absolute Gasteiger partial charge is 0.130 e. The van der Waals surface area contributed by atoms with Gasteiger partial charge in [-0.25, -0.2) is 4.39 Å². The number of benzene rings is 1. The average Bonchev–Trinajstić information content (AvgIpc) is 2.37. The van der Waals surface area contributed by atoms with Crippen molar-refractivity contribution < 1.29 is 4.39 Å². The third-order valence-electron chi connectivity index (χ3n) is 3.62. The molecule has 18 heavy (non-hydrogen) atoms. The molecule has 0 amide bonds. The molecule has 0 radical (unpaired) electrons. The van der Waals surface area contributed by atoms with Crippen LogP contribution in [-0.4, -0.2) is 19.6 Å². The minimum atomic E-state index is -1.26. The summed E-state index contributed by atoms with van der Waals surface area (Å²) in [6.07, 6.45) is 2.48. The van der Waals surface area contributed by atoms with E-state index in [4.69, 9.17) is 0 Å². The van der Waals surface area contributed by atoms with Crippen LogP contribution in [0, 0.1) is 5.92 Å². The molecule has 2 nitrogen and oxygen atoms in total. The molecule has 2 N–H and O–H groups in total. The highest BCUT2D eigenvalue weighted by Gasteiger charge is 2.18. The Morgan fingerprint density at radius 1 is 1.22 bits per heavy atom. The molecule has 1 aromatic rings. The topological polar surface area (TPSA) is 24.1 Å². The number of hydrogen-bond donors (Lipinski definition) is 2. The van der Waals surface area contributed by atoms with Crippen LogP contribution in [0.25, 0.3) is 0 Å². The fourth-order valence-corrected chi connectivity index (χ4v) is 2.33. The van der Waals surface area contributed by atoms with Crippen LogP contribution in [-0.2, 0) is 5.67 Å². The molecule has 0 saturated carbocycles. The first-order chi connectivity index (χ1) is 8.55. The van der Waals surface area contributed by atoms with Crippen LogP contribution in [0.4, 0.5) is 10.1 Å². The van der Waals surface area contributed by atoms with E-state index in [9.17, 15) is 4.39 Å². The molecule has 2 rings (SSSR count). The van der Waals surface area contributed by atoms with Crippen molar-refractivity contribution in [2.75, 3.05) is 25.0 Å². The van der Waals surface area contributed by atoms with Gasteiger partial charge in [0, 0.05) is 12.2 Å². The number of piperidine rings is 1. The number of halogens is 1. The maximum atomic E-state index is 13.7. The Hall–Kier alpha value is -1.09. The van der Waals surface area contributed by atoms with Gasteiger partial charge in [-0.2, -0.15) is 0 Å². The van der Waals surface area contributed by atoms with Crippen molar-refractivity contribution in [3.63, 3.8) is 0 Å². The lowest BCUT2D eigenvalue weighted by atomic mass is 9.97. The Bertz CT molecular complexity index is 361. The lowest BCUT2D eigenvalue weighted by Crippen LogP contribution is -2.31. The predicted molar refractivity (Wildman–Crippen MR) is 74.7 cm³/mol. The normalized spacial score (nSPS) is 17.7. The average molecular weight is 250 g/mol. The minimum absolute atomic E-state index is 0.731. The summed E-state index contributed by atoms with van der Waals surface area (Å²) in [5.74, 6) is 0.753. The van der Waals surface area contributed by atoms with E-state index >= 15 is 0 Å². The van der Waals surface area contributed by atoms with E-state index < -0.39 is 5.67 Å². The summed E-state index contributed by atoms with van der Waals surface area (Å²) < 4.78 is 13.7. The van der Waals surface area contributed by atoms with Crippen LogP contribution >= 0.6 is 0 Å². The van der Waals surface area contributed by atoms with E-state index in [0.29, 0.717) is 0 Å². The van der Waals surface area contributed by atoms with Gasteiger partial charge in [-0.1, -0.05) is 12.1 Å². The maximum Gasteiger partial charge on any atom is 0.130 e. The molecule has 1 saturated heterocycles. The Kier molecular flexibility index (Phi) is 4.23. The Labute approximate surface area is 109 Å². The summed E-state index contributed by atoms with van der Waals surface area (Å²) in [7, 11) is 0. The summed E-state index contributed by atoms with van der Waals surface area (Å²) >= 11 is 0. The van der Waals surface area contributed by atoms with Crippen molar-refractivity contribution in [1.29, 1.82) is 0 Å². The molecule has 100 valence electrons. The highest BCUT2D eigenvalue weighted by molar-refractivity contribution is 5.45. The fourth-order valence-electron chi connectivity index (χ4n) is 2.33. The zero-order valence-electron chi connectivity index (χ0n) is 11.3.